The van der Waals surface area contributed by atoms with E-state index in [4.69, 9.17) is 4.74 Å². The van der Waals surface area contributed by atoms with Gasteiger partial charge in [0.25, 0.3) is 0 Å². The number of carbonyl (C=O) groups is 4. The molecule has 2 aromatic heterocycles. The van der Waals surface area contributed by atoms with Gasteiger partial charge in [-0.25, -0.2) is 19.6 Å². The van der Waals surface area contributed by atoms with Gasteiger partial charge in [0.2, 0.25) is 11.8 Å². The number of alkyl carbamates (subject to hydrolysis) is 1. The lowest BCUT2D eigenvalue weighted by molar-refractivity contribution is -0.136. The van der Waals surface area contributed by atoms with Gasteiger partial charge < -0.3 is 40.0 Å². The fraction of sp³-hybridized carbons (Fsp3) is 0.415. The van der Waals surface area contributed by atoms with Gasteiger partial charge in [-0.15, -0.1) is 0 Å². The number of methoxy groups -OCH3 is 1. The molecule has 4 N–H and O–H groups in total. The zero-order valence-corrected chi connectivity index (χ0v) is 32.5. The molecule has 4 aromatic rings. The Bertz CT molecular complexity index is 2020. The summed E-state index contributed by atoms with van der Waals surface area (Å²) in [5, 5.41) is 5.55. The van der Waals surface area contributed by atoms with Gasteiger partial charge in [0.1, 0.15) is 29.8 Å². The standard InChI is InChI=1S/C41H51N9O5/c1-24(2)34(46-40(53)48(5)6)38(51)49-20-8-10-32(49)36-42-22-30(44-36)28-16-12-26(13-17-28)27-14-18-29(19-15-27)31-23-43-37(45-31)33-11-9-21-50(33)39(52)35(25(3)4)47-41(54)55-7/h8,10,12-19,22-25,32-35H,9,11,20-21H2,1-7H3,(H,42,44)(H,43,45)(H,46,53)(H,47,54)/t32-,33?,34?,35-/m0/s1. The van der Waals surface area contributed by atoms with E-state index in [1.165, 1.54) is 12.0 Å². The Kier molecular flexibility index (Phi) is 11.7. The molecular formula is C41H51N9O5. The van der Waals surface area contributed by atoms with Crippen LogP contribution in [0.25, 0.3) is 33.6 Å². The predicted octanol–water partition coefficient (Wildman–Crippen LogP) is 5.91. The number of nitrogens with one attached hydrogen (secondary N) is 4. The average molecular weight is 750 g/mol. The highest BCUT2D eigenvalue weighted by Gasteiger charge is 2.38. The van der Waals surface area contributed by atoms with Crippen LogP contribution in [0.3, 0.4) is 0 Å². The first kappa shape index (κ1) is 38.8. The second kappa shape index (κ2) is 16.6. The number of H-pyrrole nitrogens is 2. The highest BCUT2D eigenvalue weighted by Crippen LogP contribution is 2.34. The third kappa shape index (κ3) is 8.43. The van der Waals surface area contributed by atoms with Crippen molar-refractivity contribution in [2.24, 2.45) is 11.8 Å². The Morgan fingerprint density at radius 3 is 1.82 bits per heavy atom. The van der Waals surface area contributed by atoms with E-state index in [9.17, 15) is 19.2 Å². The average Bonchev–Trinajstić information content (AvgIpc) is 4.02. The molecule has 5 amide bonds. The van der Waals surface area contributed by atoms with E-state index in [0.717, 1.165) is 52.3 Å². The van der Waals surface area contributed by atoms with Gasteiger partial charge in [-0.05, 0) is 46.9 Å². The zero-order valence-electron chi connectivity index (χ0n) is 32.5. The summed E-state index contributed by atoms with van der Waals surface area (Å²) in [4.78, 5) is 72.6. The number of imidazole rings is 2. The Labute approximate surface area is 321 Å². The van der Waals surface area contributed by atoms with E-state index < -0.39 is 18.2 Å². The number of ether oxygens (including phenoxy) is 1. The summed E-state index contributed by atoms with van der Waals surface area (Å²) in [5.41, 5.74) is 5.73. The van der Waals surface area contributed by atoms with Crippen LogP contribution in [0.2, 0.25) is 0 Å². The smallest absolute Gasteiger partial charge is 0.407 e. The highest BCUT2D eigenvalue weighted by atomic mass is 16.5. The van der Waals surface area contributed by atoms with Crippen molar-refractivity contribution < 1.29 is 23.9 Å². The number of hydrogen-bond donors (Lipinski definition) is 4. The lowest BCUT2D eigenvalue weighted by atomic mass is 10.0. The first-order chi connectivity index (χ1) is 26.4. The fourth-order valence-electron chi connectivity index (χ4n) is 7.10. The highest BCUT2D eigenvalue weighted by molar-refractivity contribution is 5.88. The molecule has 0 saturated carbocycles. The molecule has 0 spiro atoms. The van der Waals surface area contributed by atoms with Crippen LogP contribution in [0.1, 0.15) is 64.3 Å². The van der Waals surface area contributed by atoms with Crippen LogP contribution >= 0.6 is 0 Å². The van der Waals surface area contributed by atoms with Gasteiger partial charge in [0.15, 0.2) is 0 Å². The van der Waals surface area contributed by atoms with Gasteiger partial charge in [0.05, 0.1) is 36.9 Å². The summed E-state index contributed by atoms with van der Waals surface area (Å²) in [7, 11) is 4.59. The molecule has 1 saturated heterocycles. The lowest BCUT2D eigenvalue weighted by Crippen LogP contribution is -2.53. The second-order valence-electron chi connectivity index (χ2n) is 15.0. The molecule has 0 aliphatic carbocycles. The van der Waals surface area contributed by atoms with Crippen LogP contribution in [-0.2, 0) is 14.3 Å². The molecule has 0 bridgehead atoms. The van der Waals surface area contributed by atoms with Gasteiger partial charge in [0, 0.05) is 27.2 Å². The van der Waals surface area contributed by atoms with E-state index in [1.807, 2.05) is 64.1 Å². The summed E-state index contributed by atoms with van der Waals surface area (Å²) in [6, 6.07) is 14.2. The number of hydrogen-bond acceptors (Lipinski definition) is 7. The largest absolute Gasteiger partial charge is 0.453 e. The lowest BCUT2D eigenvalue weighted by Gasteiger charge is -2.31. The summed E-state index contributed by atoms with van der Waals surface area (Å²) in [5.74, 6) is 0.887. The number of urea groups is 1. The summed E-state index contributed by atoms with van der Waals surface area (Å²) < 4.78 is 4.75. The van der Waals surface area contributed by atoms with E-state index in [-0.39, 0.29) is 41.8 Å². The van der Waals surface area contributed by atoms with Gasteiger partial charge in [-0.1, -0.05) is 88.4 Å². The third-order valence-electron chi connectivity index (χ3n) is 10.3. The molecule has 4 heterocycles. The number of rotatable bonds is 11. The Balaban J connectivity index is 1.11. The predicted molar refractivity (Wildman–Crippen MR) is 209 cm³/mol. The minimum Gasteiger partial charge on any atom is -0.453 e. The first-order valence-corrected chi connectivity index (χ1v) is 18.8. The molecule has 14 nitrogen and oxygen atoms in total. The second-order valence-corrected chi connectivity index (χ2v) is 15.0. The quantitative estimate of drug-likeness (QED) is 0.138. The number of amides is 5. The molecule has 290 valence electrons. The normalized spacial score (nSPS) is 17.8. The van der Waals surface area contributed by atoms with Crippen molar-refractivity contribution in [3.8, 4) is 33.6 Å². The Morgan fingerprint density at radius 2 is 1.27 bits per heavy atom. The molecule has 2 unspecified atom stereocenters. The van der Waals surface area contributed by atoms with Crippen molar-refractivity contribution in [1.82, 2.24) is 45.3 Å². The van der Waals surface area contributed by atoms with Gasteiger partial charge >= 0.3 is 12.1 Å². The van der Waals surface area contributed by atoms with E-state index in [1.54, 1.807) is 36.3 Å². The maximum absolute atomic E-state index is 13.6. The van der Waals surface area contributed by atoms with Crippen molar-refractivity contribution in [3.05, 3.63) is 84.7 Å². The van der Waals surface area contributed by atoms with Crippen molar-refractivity contribution in [3.63, 3.8) is 0 Å². The topological polar surface area (TPSA) is 169 Å². The molecule has 14 heteroatoms. The Morgan fingerprint density at radius 1 is 0.764 bits per heavy atom. The maximum Gasteiger partial charge on any atom is 0.407 e. The van der Waals surface area contributed by atoms with E-state index in [2.05, 4.69) is 54.8 Å². The fourth-order valence-corrected chi connectivity index (χ4v) is 7.10. The van der Waals surface area contributed by atoms with Crippen LogP contribution in [0.4, 0.5) is 9.59 Å². The number of aromatic amines is 2. The van der Waals surface area contributed by atoms with Crippen molar-refractivity contribution in [1.29, 1.82) is 0 Å². The molecule has 55 heavy (non-hydrogen) atoms. The minimum atomic E-state index is -0.688. The number of aromatic nitrogens is 4. The Hall–Kier alpha value is -5.92. The monoisotopic (exact) mass is 749 g/mol. The molecule has 6 rings (SSSR count). The minimum absolute atomic E-state index is 0.0904. The van der Waals surface area contributed by atoms with Gasteiger partial charge in [-0.3, -0.25) is 9.59 Å². The van der Waals surface area contributed by atoms with Crippen LogP contribution < -0.4 is 10.6 Å². The SMILES string of the molecule is COC(=O)N[C@H](C(=O)N1CCCC1c1ncc(-c2ccc(-c3ccc(-c4cnc([C@@H]5C=CCN5C(=O)C(NC(=O)N(C)C)C(C)C)[nH]4)cc3)cc2)[nH]1)C(C)C. The summed E-state index contributed by atoms with van der Waals surface area (Å²) in [6.07, 6.45) is 8.49. The molecule has 1 fully saturated rings. The van der Waals surface area contributed by atoms with Gasteiger partial charge in [-0.2, -0.15) is 0 Å². The van der Waals surface area contributed by atoms with Crippen LogP contribution in [0.5, 0.6) is 0 Å². The molecule has 4 atom stereocenters. The van der Waals surface area contributed by atoms with Crippen LogP contribution in [0.15, 0.2) is 73.1 Å². The zero-order chi connectivity index (χ0) is 39.4. The number of nitrogens with zero attached hydrogens (tertiary/aromatic N) is 5. The van der Waals surface area contributed by atoms with E-state index >= 15 is 0 Å². The molecule has 2 aliphatic rings. The van der Waals surface area contributed by atoms with Crippen LogP contribution in [-0.4, -0.2) is 105 Å². The van der Waals surface area contributed by atoms with Crippen molar-refractivity contribution >= 4 is 23.9 Å². The van der Waals surface area contributed by atoms with Crippen LogP contribution in [0, 0.1) is 11.8 Å². The first-order valence-electron chi connectivity index (χ1n) is 18.8. The molecule has 2 aliphatic heterocycles. The maximum atomic E-state index is 13.6. The number of carbonyl (C=O) groups excluding carboxylic acids is 4. The number of likely N-dealkylation sites (tertiary alicyclic amines) is 1. The molecular weight excluding hydrogens is 699 g/mol. The molecule has 0 radical (unpaired) electrons. The molecule has 2 aromatic carbocycles. The number of benzene rings is 2. The summed E-state index contributed by atoms with van der Waals surface area (Å²) in [6.45, 7) is 8.67. The van der Waals surface area contributed by atoms with Crippen molar-refractivity contribution in [2.75, 3.05) is 34.3 Å². The van der Waals surface area contributed by atoms with E-state index in [0.29, 0.717) is 18.9 Å². The third-order valence-corrected chi connectivity index (χ3v) is 10.3. The summed E-state index contributed by atoms with van der Waals surface area (Å²) >= 11 is 0. The van der Waals surface area contributed by atoms with Crippen molar-refractivity contribution in [2.45, 2.75) is 64.7 Å².